The first-order valence-electron chi connectivity index (χ1n) is 7.62. The maximum absolute atomic E-state index is 12.8. The summed E-state index contributed by atoms with van der Waals surface area (Å²) in [6, 6.07) is 15.6. The highest BCUT2D eigenvalue weighted by atomic mass is 31.2. The van der Waals surface area contributed by atoms with Gasteiger partial charge < -0.3 is 18.5 Å². The van der Waals surface area contributed by atoms with Gasteiger partial charge in [-0.1, -0.05) is 30.3 Å². The summed E-state index contributed by atoms with van der Waals surface area (Å²) in [4.78, 5) is 12.3. The summed E-state index contributed by atoms with van der Waals surface area (Å²) in [5, 5.41) is 0. The number of carbonyl (C=O) groups is 1. The third kappa shape index (κ3) is 4.92. The molecule has 0 aromatic heterocycles. The molecule has 1 unspecified atom stereocenters. The Labute approximate surface area is 147 Å². The van der Waals surface area contributed by atoms with Gasteiger partial charge in [0.1, 0.15) is 5.75 Å². The van der Waals surface area contributed by atoms with Crippen LogP contribution in [0.1, 0.15) is 15.9 Å². The van der Waals surface area contributed by atoms with E-state index in [0.717, 1.165) is 5.56 Å². The zero-order valence-corrected chi connectivity index (χ0v) is 15.3. The van der Waals surface area contributed by atoms with Gasteiger partial charge in [-0.2, -0.15) is 0 Å². The maximum Gasteiger partial charge on any atom is 0.370 e. The van der Waals surface area contributed by atoms with Crippen LogP contribution in [-0.4, -0.2) is 33.1 Å². The molecule has 0 fully saturated rings. The molecule has 25 heavy (non-hydrogen) atoms. The van der Waals surface area contributed by atoms with Gasteiger partial charge in [0.25, 0.3) is 0 Å². The third-order valence-electron chi connectivity index (χ3n) is 3.68. The molecule has 0 heterocycles. The lowest BCUT2D eigenvalue weighted by atomic mass is 10.1. The van der Waals surface area contributed by atoms with Gasteiger partial charge in [-0.15, -0.1) is 0 Å². The van der Waals surface area contributed by atoms with E-state index in [4.69, 9.17) is 18.5 Å². The second kappa shape index (κ2) is 8.81. The lowest BCUT2D eigenvalue weighted by Crippen LogP contribution is -2.22. The van der Waals surface area contributed by atoms with Crippen molar-refractivity contribution in [2.45, 2.75) is 12.3 Å². The standard InChI is InChI=1S/C18H21O6P/c1-21-16-11-9-14(10-12-16)13-17(25(20,22-2)23-3)24-18(19)15-7-5-4-6-8-15/h4-12,17H,13H2,1-3H3. The molecule has 0 radical (unpaired) electrons. The summed E-state index contributed by atoms with van der Waals surface area (Å²) in [7, 11) is 0.480. The van der Waals surface area contributed by atoms with Gasteiger partial charge in [-0.3, -0.25) is 4.57 Å². The largest absolute Gasteiger partial charge is 0.497 e. The third-order valence-corrected chi connectivity index (χ3v) is 5.69. The Kier molecular flexibility index (Phi) is 6.76. The fourth-order valence-electron chi connectivity index (χ4n) is 2.26. The minimum atomic E-state index is -3.62. The Morgan fingerprint density at radius 2 is 1.56 bits per heavy atom. The number of ether oxygens (including phenoxy) is 2. The summed E-state index contributed by atoms with van der Waals surface area (Å²) in [6.07, 6.45) is 0.182. The normalized spacial score (nSPS) is 12.4. The average Bonchev–Trinajstić information content (AvgIpc) is 2.68. The Morgan fingerprint density at radius 1 is 0.960 bits per heavy atom. The van der Waals surface area contributed by atoms with Crippen LogP contribution >= 0.6 is 7.60 Å². The molecule has 0 spiro atoms. The van der Waals surface area contributed by atoms with Gasteiger partial charge >= 0.3 is 13.6 Å². The quantitative estimate of drug-likeness (QED) is 0.522. The number of carbonyl (C=O) groups excluding carboxylic acids is 1. The molecule has 0 saturated carbocycles. The van der Waals surface area contributed by atoms with Gasteiger partial charge in [0.2, 0.25) is 5.85 Å². The fourth-order valence-corrected chi connectivity index (χ4v) is 3.54. The van der Waals surface area contributed by atoms with E-state index in [1.54, 1.807) is 61.7 Å². The molecule has 134 valence electrons. The molecule has 2 rings (SSSR count). The molecule has 0 aliphatic rings. The van der Waals surface area contributed by atoms with Gasteiger partial charge in [-0.25, -0.2) is 4.79 Å². The Hall–Kier alpha value is -2.14. The number of esters is 1. The van der Waals surface area contributed by atoms with E-state index in [1.165, 1.54) is 14.2 Å². The Bertz CT molecular complexity index is 721. The van der Waals surface area contributed by atoms with Crippen molar-refractivity contribution < 1.29 is 27.9 Å². The zero-order chi connectivity index (χ0) is 18.3. The predicted molar refractivity (Wildman–Crippen MR) is 94.0 cm³/mol. The van der Waals surface area contributed by atoms with E-state index in [0.29, 0.717) is 11.3 Å². The van der Waals surface area contributed by atoms with Gasteiger partial charge in [-0.05, 0) is 29.8 Å². The van der Waals surface area contributed by atoms with Gasteiger partial charge in [0, 0.05) is 20.6 Å². The number of rotatable bonds is 8. The van der Waals surface area contributed by atoms with Crippen LogP contribution in [-0.2, 0) is 24.8 Å². The number of hydrogen-bond donors (Lipinski definition) is 0. The summed E-state index contributed by atoms with van der Waals surface area (Å²) < 4.78 is 33.4. The molecule has 0 aliphatic heterocycles. The van der Waals surface area contributed by atoms with Gasteiger partial charge in [0.15, 0.2) is 0 Å². The molecule has 0 aliphatic carbocycles. The van der Waals surface area contributed by atoms with Crippen LogP contribution in [0.5, 0.6) is 5.75 Å². The molecule has 2 aromatic carbocycles. The SMILES string of the molecule is COc1ccc(CC(OC(=O)c2ccccc2)P(=O)(OC)OC)cc1. The van der Waals surface area contributed by atoms with Crippen LogP contribution in [0.3, 0.4) is 0 Å². The first-order chi connectivity index (χ1) is 12.0. The first kappa shape index (κ1) is 19.2. The van der Waals surface area contributed by atoms with Crippen molar-refractivity contribution in [1.82, 2.24) is 0 Å². The monoisotopic (exact) mass is 364 g/mol. The summed E-state index contributed by atoms with van der Waals surface area (Å²) in [6.45, 7) is 0. The lowest BCUT2D eigenvalue weighted by molar-refractivity contribution is 0.0385. The molecule has 6 nitrogen and oxygen atoms in total. The molecule has 0 bridgehead atoms. The highest BCUT2D eigenvalue weighted by molar-refractivity contribution is 7.54. The van der Waals surface area contributed by atoms with E-state index in [-0.39, 0.29) is 6.42 Å². The van der Waals surface area contributed by atoms with Crippen molar-refractivity contribution in [1.29, 1.82) is 0 Å². The molecular weight excluding hydrogens is 343 g/mol. The molecular formula is C18H21O6P. The second-order valence-electron chi connectivity index (χ2n) is 5.18. The van der Waals surface area contributed by atoms with Crippen LogP contribution in [0, 0.1) is 0 Å². The highest BCUT2D eigenvalue weighted by Crippen LogP contribution is 2.53. The van der Waals surface area contributed by atoms with Gasteiger partial charge in [0.05, 0.1) is 12.7 Å². The first-order valence-corrected chi connectivity index (χ1v) is 9.23. The molecule has 7 heteroatoms. The van der Waals surface area contributed by atoms with Crippen LogP contribution in [0.2, 0.25) is 0 Å². The second-order valence-corrected chi connectivity index (χ2v) is 7.57. The topological polar surface area (TPSA) is 71.1 Å². The minimum absolute atomic E-state index is 0.182. The van der Waals surface area contributed by atoms with Crippen LogP contribution in [0.25, 0.3) is 0 Å². The summed E-state index contributed by atoms with van der Waals surface area (Å²) in [5.74, 6) is -0.958. The van der Waals surface area contributed by atoms with E-state index >= 15 is 0 Å². The van der Waals surface area contributed by atoms with Crippen molar-refractivity contribution in [3.63, 3.8) is 0 Å². The van der Waals surface area contributed by atoms with Crippen molar-refractivity contribution >= 4 is 13.6 Å². The highest BCUT2D eigenvalue weighted by Gasteiger charge is 2.37. The summed E-state index contributed by atoms with van der Waals surface area (Å²) in [5.41, 5.74) is 1.17. The zero-order valence-electron chi connectivity index (χ0n) is 14.4. The van der Waals surface area contributed by atoms with Crippen LogP contribution in [0.4, 0.5) is 0 Å². The number of benzene rings is 2. The van der Waals surface area contributed by atoms with Crippen molar-refractivity contribution in [3.8, 4) is 5.75 Å². The minimum Gasteiger partial charge on any atom is -0.497 e. The molecule has 0 amide bonds. The van der Waals surface area contributed by atoms with E-state index in [1.807, 2.05) is 0 Å². The fraction of sp³-hybridized carbons (Fsp3) is 0.278. The van der Waals surface area contributed by atoms with Crippen LogP contribution in [0.15, 0.2) is 54.6 Å². The van der Waals surface area contributed by atoms with Crippen molar-refractivity contribution in [2.24, 2.45) is 0 Å². The molecule has 2 aromatic rings. The Balaban J connectivity index is 2.23. The molecule has 0 saturated heterocycles. The average molecular weight is 364 g/mol. The molecule has 0 N–H and O–H groups in total. The smallest absolute Gasteiger partial charge is 0.370 e. The van der Waals surface area contributed by atoms with E-state index in [9.17, 15) is 9.36 Å². The number of methoxy groups -OCH3 is 1. The Morgan fingerprint density at radius 3 is 2.08 bits per heavy atom. The van der Waals surface area contributed by atoms with Crippen LogP contribution < -0.4 is 4.74 Å². The number of hydrogen-bond acceptors (Lipinski definition) is 6. The molecule has 1 atom stereocenters. The van der Waals surface area contributed by atoms with Crippen molar-refractivity contribution in [2.75, 3.05) is 21.3 Å². The summed E-state index contributed by atoms with van der Waals surface area (Å²) >= 11 is 0. The van der Waals surface area contributed by atoms with E-state index < -0.39 is 19.4 Å². The lowest BCUT2D eigenvalue weighted by Gasteiger charge is -2.24. The van der Waals surface area contributed by atoms with Crippen molar-refractivity contribution in [3.05, 3.63) is 65.7 Å². The predicted octanol–water partition coefficient (Wildman–Crippen LogP) is 3.91. The maximum atomic E-state index is 12.8. The van der Waals surface area contributed by atoms with E-state index in [2.05, 4.69) is 0 Å².